The Hall–Kier alpha value is -1.45. The summed E-state index contributed by atoms with van der Waals surface area (Å²) in [5, 5.41) is 15.4. The number of hydrogen-bond donors (Lipinski definition) is 2. The predicted molar refractivity (Wildman–Crippen MR) is 77.0 cm³/mol. The van der Waals surface area contributed by atoms with E-state index in [1.54, 1.807) is 6.20 Å². The van der Waals surface area contributed by atoms with Crippen LogP contribution in [0.25, 0.3) is 10.9 Å². The Morgan fingerprint density at radius 1 is 1.21 bits per heavy atom. The van der Waals surface area contributed by atoms with Crippen LogP contribution in [-0.4, -0.2) is 23.2 Å². The van der Waals surface area contributed by atoms with E-state index in [0.29, 0.717) is 6.04 Å². The van der Waals surface area contributed by atoms with E-state index in [4.69, 9.17) is 0 Å². The molecule has 100 valence electrons. The maximum Gasteiger partial charge on any atom is 0.0904 e. The molecule has 1 heterocycles. The SMILES string of the molecule is CNC1CCC(O)(c2cccc3ncccc23)CC1. The van der Waals surface area contributed by atoms with E-state index < -0.39 is 5.60 Å². The molecule has 0 radical (unpaired) electrons. The van der Waals surface area contributed by atoms with Gasteiger partial charge in [0.25, 0.3) is 0 Å². The zero-order valence-corrected chi connectivity index (χ0v) is 11.3. The first kappa shape index (κ1) is 12.6. The summed E-state index contributed by atoms with van der Waals surface area (Å²) in [5.41, 5.74) is 1.30. The first-order chi connectivity index (χ1) is 9.23. The van der Waals surface area contributed by atoms with Gasteiger partial charge >= 0.3 is 0 Å². The molecular formula is C16H20N2O. The molecule has 1 saturated carbocycles. The van der Waals surface area contributed by atoms with E-state index in [-0.39, 0.29) is 0 Å². The maximum absolute atomic E-state index is 11.0. The summed E-state index contributed by atoms with van der Waals surface area (Å²) in [6.45, 7) is 0. The van der Waals surface area contributed by atoms with Crippen LogP contribution in [0.15, 0.2) is 36.5 Å². The van der Waals surface area contributed by atoms with Crippen LogP contribution in [0.3, 0.4) is 0 Å². The Bertz CT molecular complexity index is 568. The minimum atomic E-state index is -0.699. The summed E-state index contributed by atoms with van der Waals surface area (Å²) >= 11 is 0. The maximum atomic E-state index is 11.0. The fraction of sp³-hybridized carbons (Fsp3) is 0.438. The van der Waals surface area contributed by atoms with Gasteiger partial charge in [-0.2, -0.15) is 0 Å². The number of nitrogens with one attached hydrogen (secondary N) is 1. The Balaban J connectivity index is 2.00. The third kappa shape index (κ3) is 2.24. The minimum absolute atomic E-state index is 0.536. The third-order valence-electron chi connectivity index (χ3n) is 4.37. The number of fused-ring (bicyclic) bond motifs is 1. The quantitative estimate of drug-likeness (QED) is 0.868. The standard InChI is InChI=1S/C16H20N2O/c1-17-12-7-9-16(19,10-8-12)14-5-2-6-15-13(14)4-3-11-18-15/h2-6,11-12,17,19H,7-10H2,1H3. The average Bonchev–Trinajstić information content (AvgIpc) is 2.47. The molecule has 3 nitrogen and oxygen atoms in total. The third-order valence-corrected chi connectivity index (χ3v) is 4.37. The van der Waals surface area contributed by atoms with Gasteiger partial charge in [0.1, 0.15) is 0 Å². The number of hydrogen-bond acceptors (Lipinski definition) is 3. The highest BCUT2D eigenvalue weighted by atomic mass is 16.3. The second-order valence-corrected chi connectivity index (χ2v) is 5.47. The molecule has 1 aromatic heterocycles. The number of benzene rings is 1. The summed E-state index contributed by atoms with van der Waals surface area (Å²) in [4.78, 5) is 4.38. The summed E-state index contributed by atoms with van der Waals surface area (Å²) in [6, 6.07) is 10.6. The van der Waals surface area contributed by atoms with E-state index in [1.807, 2.05) is 31.3 Å². The number of aromatic nitrogens is 1. The lowest BCUT2D eigenvalue weighted by Gasteiger charge is -2.37. The molecule has 1 aliphatic rings. The Morgan fingerprint density at radius 3 is 2.74 bits per heavy atom. The molecule has 0 spiro atoms. The molecule has 1 fully saturated rings. The van der Waals surface area contributed by atoms with Gasteiger partial charge in [-0.15, -0.1) is 0 Å². The molecule has 0 unspecified atom stereocenters. The van der Waals surface area contributed by atoms with Crippen LogP contribution in [0.2, 0.25) is 0 Å². The molecule has 0 aliphatic heterocycles. The Morgan fingerprint density at radius 2 is 2.00 bits per heavy atom. The van der Waals surface area contributed by atoms with Crippen LogP contribution in [0.4, 0.5) is 0 Å². The lowest BCUT2D eigenvalue weighted by atomic mass is 9.76. The Labute approximate surface area is 113 Å². The molecule has 1 aromatic carbocycles. The highest BCUT2D eigenvalue weighted by Gasteiger charge is 2.35. The predicted octanol–water partition coefficient (Wildman–Crippen LogP) is 2.58. The molecule has 0 bridgehead atoms. The smallest absolute Gasteiger partial charge is 0.0904 e. The molecule has 3 heteroatoms. The van der Waals surface area contributed by atoms with Gasteiger partial charge in [-0.05, 0) is 50.4 Å². The largest absolute Gasteiger partial charge is 0.385 e. The number of pyridine rings is 1. The molecule has 0 saturated heterocycles. The monoisotopic (exact) mass is 256 g/mol. The topological polar surface area (TPSA) is 45.1 Å². The van der Waals surface area contributed by atoms with Crippen molar-refractivity contribution in [1.29, 1.82) is 0 Å². The van der Waals surface area contributed by atoms with E-state index in [1.165, 1.54) is 0 Å². The van der Waals surface area contributed by atoms with Crippen molar-refractivity contribution in [2.45, 2.75) is 37.3 Å². The highest BCUT2D eigenvalue weighted by Crippen LogP contribution is 2.39. The lowest BCUT2D eigenvalue weighted by molar-refractivity contribution is -0.00630. The Kier molecular flexibility index (Phi) is 3.25. The first-order valence-electron chi connectivity index (χ1n) is 6.97. The fourth-order valence-corrected chi connectivity index (χ4v) is 3.16. The molecule has 1 aliphatic carbocycles. The van der Waals surface area contributed by atoms with Crippen LogP contribution < -0.4 is 5.32 Å². The lowest BCUT2D eigenvalue weighted by Crippen LogP contribution is -2.38. The number of rotatable bonds is 2. The number of nitrogens with zero attached hydrogens (tertiary/aromatic N) is 1. The molecule has 2 aromatic rings. The molecule has 0 amide bonds. The summed E-state index contributed by atoms with van der Waals surface area (Å²) in [5.74, 6) is 0. The van der Waals surface area contributed by atoms with E-state index in [0.717, 1.165) is 42.1 Å². The van der Waals surface area contributed by atoms with Crippen LogP contribution >= 0.6 is 0 Å². The van der Waals surface area contributed by atoms with E-state index >= 15 is 0 Å². The van der Waals surface area contributed by atoms with E-state index in [2.05, 4.69) is 16.4 Å². The summed E-state index contributed by atoms with van der Waals surface area (Å²) in [7, 11) is 2.00. The van der Waals surface area contributed by atoms with Crippen LogP contribution in [0.1, 0.15) is 31.2 Å². The second-order valence-electron chi connectivity index (χ2n) is 5.47. The molecule has 3 rings (SSSR count). The van der Waals surface area contributed by atoms with Crippen molar-refractivity contribution in [3.05, 3.63) is 42.1 Å². The zero-order chi connectivity index (χ0) is 13.3. The zero-order valence-electron chi connectivity index (χ0n) is 11.3. The van der Waals surface area contributed by atoms with Gasteiger partial charge in [-0.1, -0.05) is 18.2 Å². The normalized spacial score (nSPS) is 27.6. The van der Waals surface area contributed by atoms with Crippen LogP contribution in [0, 0.1) is 0 Å². The number of aliphatic hydroxyl groups is 1. The average molecular weight is 256 g/mol. The minimum Gasteiger partial charge on any atom is -0.385 e. The van der Waals surface area contributed by atoms with Crippen molar-refractivity contribution in [3.8, 4) is 0 Å². The molecule has 19 heavy (non-hydrogen) atoms. The second kappa shape index (κ2) is 4.91. The van der Waals surface area contributed by atoms with Crippen molar-refractivity contribution in [1.82, 2.24) is 10.3 Å². The summed E-state index contributed by atoms with van der Waals surface area (Å²) in [6.07, 6.45) is 5.46. The van der Waals surface area contributed by atoms with Crippen LogP contribution in [0.5, 0.6) is 0 Å². The van der Waals surface area contributed by atoms with Crippen molar-refractivity contribution >= 4 is 10.9 Å². The van der Waals surface area contributed by atoms with Crippen molar-refractivity contribution in [2.75, 3.05) is 7.05 Å². The first-order valence-corrected chi connectivity index (χ1v) is 6.97. The van der Waals surface area contributed by atoms with Gasteiger partial charge < -0.3 is 10.4 Å². The molecule has 2 N–H and O–H groups in total. The van der Waals surface area contributed by atoms with Gasteiger partial charge in [-0.25, -0.2) is 0 Å². The van der Waals surface area contributed by atoms with Crippen molar-refractivity contribution in [2.24, 2.45) is 0 Å². The van der Waals surface area contributed by atoms with Crippen molar-refractivity contribution in [3.63, 3.8) is 0 Å². The van der Waals surface area contributed by atoms with Gasteiger partial charge in [0.05, 0.1) is 11.1 Å². The van der Waals surface area contributed by atoms with Crippen molar-refractivity contribution < 1.29 is 5.11 Å². The molecule has 0 atom stereocenters. The highest BCUT2D eigenvalue weighted by molar-refractivity contribution is 5.82. The van der Waals surface area contributed by atoms with Gasteiger partial charge in [-0.3, -0.25) is 4.98 Å². The van der Waals surface area contributed by atoms with Gasteiger partial charge in [0.15, 0.2) is 0 Å². The fourth-order valence-electron chi connectivity index (χ4n) is 3.16. The van der Waals surface area contributed by atoms with E-state index in [9.17, 15) is 5.11 Å². The van der Waals surface area contributed by atoms with Gasteiger partial charge in [0, 0.05) is 17.6 Å². The molecular weight excluding hydrogens is 236 g/mol. The van der Waals surface area contributed by atoms with Crippen LogP contribution in [-0.2, 0) is 5.60 Å². The summed E-state index contributed by atoms with van der Waals surface area (Å²) < 4.78 is 0. The van der Waals surface area contributed by atoms with Gasteiger partial charge in [0.2, 0.25) is 0 Å².